The molecule has 0 saturated heterocycles. The van der Waals surface area contributed by atoms with Gasteiger partial charge in [-0.15, -0.1) is 0 Å². The molecule has 2 aromatic rings. The molecule has 0 aromatic heterocycles. The van der Waals surface area contributed by atoms with Crippen molar-refractivity contribution < 1.29 is 23.4 Å². The molecule has 2 aromatic carbocycles. The van der Waals surface area contributed by atoms with Crippen molar-refractivity contribution in [1.82, 2.24) is 5.32 Å². The summed E-state index contributed by atoms with van der Waals surface area (Å²) in [6.45, 7) is 0.372. The molecule has 0 heterocycles. The first-order valence-electron chi connectivity index (χ1n) is 7.05. The van der Waals surface area contributed by atoms with Gasteiger partial charge in [-0.2, -0.15) is 0 Å². The minimum absolute atomic E-state index is 0.270. The summed E-state index contributed by atoms with van der Waals surface area (Å²) in [5, 5.41) is 2.63. The molecular weight excluding hydrogens is 301 g/mol. The summed E-state index contributed by atoms with van der Waals surface area (Å²) < 4.78 is 28.3. The molecule has 0 radical (unpaired) electrons. The van der Waals surface area contributed by atoms with Gasteiger partial charge in [0.05, 0.1) is 14.2 Å². The smallest absolute Gasteiger partial charge is 0.412 e. The van der Waals surface area contributed by atoms with Crippen LogP contribution in [0.3, 0.4) is 0 Å². The van der Waals surface area contributed by atoms with Crippen LogP contribution in [0.2, 0.25) is 0 Å². The molecule has 0 aliphatic carbocycles. The van der Waals surface area contributed by atoms with Gasteiger partial charge in [-0.1, -0.05) is 18.2 Å². The Kier molecular flexibility index (Phi) is 5.80. The lowest BCUT2D eigenvalue weighted by molar-refractivity contribution is 0.198. The van der Waals surface area contributed by atoms with Gasteiger partial charge in [0.25, 0.3) is 0 Å². The van der Waals surface area contributed by atoms with E-state index in [9.17, 15) is 9.18 Å². The maximum absolute atomic E-state index is 12.8. The minimum Gasteiger partial charge on any atom is -0.493 e. The van der Waals surface area contributed by atoms with Crippen LogP contribution in [0, 0.1) is 5.82 Å². The lowest BCUT2D eigenvalue weighted by Gasteiger charge is -2.12. The van der Waals surface area contributed by atoms with E-state index in [0.717, 1.165) is 5.56 Å². The average Bonchev–Trinajstić information content (AvgIpc) is 2.56. The molecule has 5 nitrogen and oxygen atoms in total. The van der Waals surface area contributed by atoms with Gasteiger partial charge in [-0.25, -0.2) is 9.18 Å². The van der Waals surface area contributed by atoms with Crippen molar-refractivity contribution in [2.24, 2.45) is 0 Å². The monoisotopic (exact) mass is 319 g/mol. The second kappa shape index (κ2) is 8.03. The van der Waals surface area contributed by atoms with Crippen LogP contribution < -0.4 is 19.5 Å². The van der Waals surface area contributed by atoms with Crippen LogP contribution in [0.25, 0.3) is 0 Å². The fourth-order valence-corrected chi connectivity index (χ4v) is 2.03. The first-order valence-corrected chi connectivity index (χ1v) is 7.05. The van der Waals surface area contributed by atoms with Gasteiger partial charge in [-0.05, 0) is 36.2 Å². The van der Waals surface area contributed by atoms with Crippen molar-refractivity contribution in [2.75, 3.05) is 20.8 Å². The molecule has 0 aliphatic heterocycles. The van der Waals surface area contributed by atoms with E-state index in [-0.39, 0.29) is 11.6 Å². The topological polar surface area (TPSA) is 56.8 Å². The highest BCUT2D eigenvalue weighted by Gasteiger charge is 2.13. The molecule has 0 saturated carbocycles. The van der Waals surface area contributed by atoms with Crippen molar-refractivity contribution in [1.29, 1.82) is 0 Å². The van der Waals surface area contributed by atoms with Crippen LogP contribution in [0.1, 0.15) is 5.56 Å². The molecule has 0 aliphatic rings. The van der Waals surface area contributed by atoms with Crippen LogP contribution >= 0.6 is 0 Å². The van der Waals surface area contributed by atoms with Gasteiger partial charge in [0, 0.05) is 6.54 Å². The van der Waals surface area contributed by atoms with Gasteiger partial charge in [0.2, 0.25) is 5.75 Å². The van der Waals surface area contributed by atoms with Crippen molar-refractivity contribution in [2.45, 2.75) is 6.42 Å². The third-order valence-corrected chi connectivity index (χ3v) is 3.17. The Hall–Kier alpha value is -2.76. The summed E-state index contributed by atoms with van der Waals surface area (Å²) in [4.78, 5) is 11.8. The lowest BCUT2D eigenvalue weighted by atomic mass is 10.1. The third-order valence-electron chi connectivity index (χ3n) is 3.17. The van der Waals surface area contributed by atoms with E-state index in [1.54, 1.807) is 30.3 Å². The summed E-state index contributed by atoms with van der Waals surface area (Å²) in [5.74, 6) is 0.810. The van der Waals surface area contributed by atoms with Crippen molar-refractivity contribution in [3.05, 3.63) is 53.8 Å². The zero-order chi connectivity index (χ0) is 16.7. The normalized spacial score (nSPS) is 10.0. The van der Waals surface area contributed by atoms with E-state index in [1.807, 2.05) is 0 Å². The van der Waals surface area contributed by atoms with E-state index in [1.165, 1.54) is 26.4 Å². The van der Waals surface area contributed by atoms with Gasteiger partial charge in [0.15, 0.2) is 11.5 Å². The number of carbonyl (C=O) groups excluding carboxylic acids is 1. The minimum atomic E-state index is -0.598. The Morgan fingerprint density at radius 2 is 1.74 bits per heavy atom. The highest BCUT2D eigenvalue weighted by Crippen LogP contribution is 2.36. The quantitative estimate of drug-likeness (QED) is 0.888. The number of hydrogen-bond acceptors (Lipinski definition) is 4. The number of nitrogens with one attached hydrogen (secondary N) is 1. The van der Waals surface area contributed by atoms with E-state index >= 15 is 0 Å². The lowest BCUT2D eigenvalue weighted by Crippen LogP contribution is -2.28. The van der Waals surface area contributed by atoms with Gasteiger partial charge < -0.3 is 19.5 Å². The maximum atomic E-state index is 12.8. The van der Waals surface area contributed by atoms with Crippen LogP contribution in [0.5, 0.6) is 17.2 Å². The van der Waals surface area contributed by atoms with Crippen LogP contribution in [-0.2, 0) is 6.42 Å². The number of methoxy groups -OCH3 is 2. The summed E-state index contributed by atoms with van der Waals surface area (Å²) in [6, 6.07) is 11.1. The molecule has 23 heavy (non-hydrogen) atoms. The molecular formula is C17H18FNO4. The second-order valence-corrected chi connectivity index (χ2v) is 4.68. The Bertz CT molecular complexity index is 658. The number of para-hydroxylation sites is 1. The highest BCUT2D eigenvalue weighted by molar-refractivity contribution is 5.72. The molecule has 0 bridgehead atoms. The number of rotatable bonds is 6. The molecule has 6 heteroatoms. The Morgan fingerprint density at radius 1 is 1.04 bits per heavy atom. The number of amides is 1. The first kappa shape index (κ1) is 16.6. The fraction of sp³-hybridized carbons (Fsp3) is 0.235. The van der Waals surface area contributed by atoms with Gasteiger partial charge in [0.1, 0.15) is 5.82 Å². The predicted molar refractivity (Wildman–Crippen MR) is 83.7 cm³/mol. The standard InChI is InChI=1S/C17H18FNO4/c1-21-14-4-3-5-15(16(14)22-2)23-17(20)19-11-10-12-6-8-13(18)9-7-12/h3-9H,10-11H2,1-2H3,(H,19,20). The zero-order valence-corrected chi connectivity index (χ0v) is 13.0. The van der Waals surface area contributed by atoms with E-state index in [4.69, 9.17) is 14.2 Å². The van der Waals surface area contributed by atoms with Crippen molar-refractivity contribution in [3.8, 4) is 17.2 Å². The molecule has 2 rings (SSSR count). The second-order valence-electron chi connectivity index (χ2n) is 4.68. The number of benzene rings is 2. The summed E-state index contributed by atoms with van der Waals surface area (Å²) in [6.07, 6.45) is -0.0244. The molecule has 122 valence electrons. The van der Waals surface area contributed by atoms with Crippen molar-refractivity contribution in [3.63, 3.8) is 0 Å². The molecule has 0 atom stereocenters. The molecule has 0 unspecified atom stereocenters. The Labute approximate surface area is 134 Å². The number of hydrogen-bond donors (Lipinski definition) is 1. The van der Waals surface area contributed by atoms with Gasteiger partial charge >= 0.3 is 6.09 Å². The maximum Gasteiger partial charge on any atom is 0.412 e. The summed E-state index contributed by atoms with van der Waals surface area (Å²) >= 11 is 0. The number of ether oxygens (including phenoxy) is 3. The Morgan fingerprint density at radius 3 is 2.39 bits per heavy atom. The largest absolute Gasteiger partial charge is 0.493 e. The molecule has 1 N–H and O–H groups in total. The van der Waals surface area contributed by atoms with Crippen LogP contribution in [-0.4, -0.2) is 26.9 Å². The Balaban J connectivity index is 1.88. The van der Waals surface area contributed by atoms with Crippen molar-refractivity contribution >= 4 is 6.09 Å². The highest BCUT2D eigenvalue weighted by atomic mass is 19.1. The number of halogens is 1. The molecule has 0 spiro atoms. The fourth-order valence-electron chi connectivity index (χ4n) is 2.03. The van der Waals surface area contributed by atoms with E-state index in [2.05, 4.69) is 5.32 Å². The van der Waals surface area contributed by atoms with E-state index < -0.39 is 6.09 Å². The van der Waals surface area contributed by atoms with Crippen LogP contribution in [0.15, 0.2) is 42.5 Å². The summed E-state index contributed by atoms with van der Waals surface area (Å²) in [5.41, 5.74) is 0.922. The average molecular weight is 319 g/mol. The predicted octanol–water partition coefficient (Wildman–Crippen LogP) is 3.17. The number of carbonyl (C=O) groups is 1. The van der Waals surface area contributed by atoms with Crippen LogP contribution in [0.4, 0.5) is 9.18 Å². The van der Waals surface area contributed by atoms with E-state index in [0.29, 0.717) is 24.5 Å². The third kappa shape index (κ3) is 4.60. The molecule has 0 fully saturated rings. The van der Waals surface area contributed by atoms with Gasteiger partial charge in [-0.3, -0.25) is 0 Å². The first-order chi connectivity index (χ1) is 11.1. The SMILES string of the molecule is COc1cccc(OC(=O)NCCc2ccc(F)cc2)c1OC. The zero-order valence-electron chi connectivity index (χ0n) is 13.0. The summed E-state index contributed by atoms with van der Waals surface area (Å²) in [7, 11) is 2.97. The molecule has 1 amide bonds.